The van der Waals surface area contributed by atoms with Gasteiger partial charge in [-0.2, -0.15) is 0 Å². The number of aliphatic carboxylic acids is 1. The zero-order chi connectivity index (χ0) is 18.8. The summed E-state index contributed by atoms with van der Waals surface area (Å²) in [6.07, 6.45) is -2.85. The molecule has 0 aliphatic carbocycles. The number of nitrogens with zero attached hydrogens (tertiary/aromatic N) is 1. The van der Waals surface area contributed by atoms with Crippen LogP contribution in [0.5, 0.6) is 0 Å². The Labute approximate surface area is 140 Å². The van der Waals surface area contributed by atoms with Crippen molar-refractivity contribution in [2.24, 2.45) is 5.92 Å². The van der Waals surface area contributed by atoms with Crippen LogP contribution in [-0.4, -0.2) is 57.9 Å². The third-order valence-electron chi connectivity index (χ3n) is 3.30. The van der Waals surface area contributed by atoms with E-state index < -0.39 is 53.8 Å². The van der Waals surface area contributed by atoms with Crippen molar-refractivity contribution in [2.75, 3.05) is 0 Å². The first-order chi connectivity index (χ1) is 10.8. The molecule has 0 aromatic rings. The van der Waals surface area contributed by atoms with Crippen LogP contribution in [0, 0.1) is 5.92 Å². The first-order valence-corrected chi connectivity index (χ1v) is 7.61. The van der Waals surface area contributed by atoms with Crippen molar-refractivity contribution >= 4 is 24.1 Å². The monoisotopic (exact) mass is 344 g/mol. The quantitative estimate of drug-likeness (QED) is 0.789. The normalized spacial score (nSPS) is 22.1. The Bertz CT molecular complexity index is 538. The molecule has 136 valence electrons. The Morgan fingerprint density at radius 1 is 1.29 bits per heavy atom. The van der Waals surface area contributed by atoms with E-state index in [-0.39, 0.29) is 0 Å². The molecule has 9 nitrogen and oxygen atoms in total. The summed E-state index contributed by atoms with van der Waals surface area (Å²) >= 11 is 0. The zero-order valence-electron chi connectivity index (χ0n) is 14.7. The van der Waals surface area contributed by atoms with Gasteiger partial charge in [-0.15, -0.1) is 0 Å². The van der Waals surface area contributed by atoms with Crippen LogP contribution in [0.3, 0.4) is 0 Å². The van der Waals surface area contributed by atoms with E-state index in [4.69, 9.17) is 9.47 Å². The van der Waals surface area contributed by atoms with Gasteiger partial charge in [0.2, 0.25) is 0 Å². The van der Waals surface area contributed by atoms with E-state index in [0.29, 0.717) is 4.90 Å². The summed E-state index contributed by atoms with van der Waals surface area (Å²) in [4.78, 5) is 48.3. The molecule has 1 saturated heterocycles. The number of carboxylic acids is 1. The summed E-state index contributed by atoms with van der Waals surface area (Å²) in [6.45, 7) is 9.69. The van der Waals surface area contributed by atoms with Crippen molar-refractivity contribution in [3.8, 4) is 0 Å². The molecule has 2 N–H and O–H groups in total. The molecule has 0 bridgehead atoms. The zero-order valence-corrected chi connectivity index (χ0v) is 14.7. The van der Waals surface area contributed by atoms with Gasteiger partial charge in [0.25, 0.3) is 5.91 Å². The summed E-state index contributed by atoms with van der Waals surface area (Å²) in [5, 5.41) is 11.6. The van der Waals surface area contributed by atoms with Crippen LogP contribution in [0.4, 0.5) is 9.59 Å². The predicted octanol–water partition coefficient (Wildman–Crippen LogP) is 1.36. The first kappa shape index (κ1) is 19.7. The van der Waals surface area contributed by atoms with E-state index in [1.165, 1.54) is 6.92 Å². The minimum absolute atomic E-state index is 0.400. The molecule has 1 heterocycles. The van der Waals surface area contributed by atoms with Gasteiger partial charge in [0, 0.05) is 0 Å². The molecular weight excluding hydrogens is 320 g/mol. The Morgan fingerprint density at radius 3 is 2.25 bits per heavy atom. The molecule has 24 heavy (non-hydrogen) atoms. The third-order valence-corrected chi connectivity index (χ3v) is 3.30. The summed E-state index contributed by atoms with van der Waals surface area (Å²) in [5.74, 6) is -2.61. The molecule has 3 amide bonds. The number of carbonyl (C=O) groups excluding carboxylic acids is 3. The lowest BCUT2D eigenvalue weighted by Gasteiger charge is -2.28. The minimum Gasteiger partial charge on any atom is -0.480 e. The second-order valence-electron chi connectivity index (χ2n) is 6.95. The molecule has 1 rings (SSSR count). The van der Waals surface area contributed by atoms with E-state index in [9.17, 15) is 24.3 Å². The Kier molecular flexibility index (Phi) is 5.80. The molecule has 0 saturated carbocycles. The van der Waals surface area contributed by atoms with Gasteiger partial charge in [-0.25, -0.2) is 19.3 Å². The number of imide groups is 1. The fourth-order valence-electron chi connectivity index (χ4n) is 2.24. The first-order valence-electron chi connectivity index (χ1n) is 7.61. The van der Waals surface area contributed by atoms with Crippen LogP contribution in [0.1, 0.15) is 41.5 Å². The highest BCUT2D eigenvalue weighted by Gasteiger charge is 2.50. The second kappa shape index (κ2) is 7.06. The second-order valence-corrected chi connectivity index (χ2v) is 6.95. The fourth-order valence-corrected chi connectivity index (χ4v) is 2.24. The molecule has 3 atom stereocenters. The average molecular weight is 344 g/mol. The predicted molar refractivity (Wildman–Crippen MR) is 82.2 cm³/mol. The minimum atomic E-state index is -1.44. The number of hydrogen-bond donors (Lipinski definition) is 2. The highest BCUT2D eigenvalue weighted by Crippen LogP contribution is 2.22. The number of carboxylic acid groups (broad SMARTS) is 1. The molecule has 1 aliphatic heterocycles. The maximum atomic E-state index is 12.7. The summed E-state index contributed by atoms with van der Waals surface area (Å²) < 4.78 is 9.93. The van der Waals surface area contributed by atoms with Crippen molar-refractivity contribution in [1.82, 2.24) is 10.2 Å². The van der Waals surface area contributed by atoms with Gasteiger partial charge < -0.3 is 19.9 Å². The number of cyclic esters (lactones) is 1. The molecule has 9 heteroatoms. The van der Waals surface area contributed by atoms with E-state index in [1.807, 2.05) is 0 Å². The van der Waals surface area contributed by atoms with Crippen molar-refractivity contribution in [2.45, 2.75) is 65.3 Å². The van der Waals surface area contributed by atoms with E-state index >= 15 is 0 Å². The molecule has 1 aliphatic rings. The van der Waals surface area contributed by atoms with Gasteiger partial charge in [0.15, 0.2) is 6.04 Å². The molecule has 0 aromatic carbocycles. The highest BCUT2D eigenvalue weighted by molar-refractivity contribution is 6.01. The van der Waals surface area contributed by atoms with E-state index in [1.54, 1.807) is 34.6 Å². The van der Waals surface area contributed by atoms with Gasteiger partial charge in [0.05, 0.1) is 0 Å². The van der Waals surface area contributed by atoms with Gasteiger partial charge in [-0.3, -0.25) is 4.79 Å². The number of carbonyl (C=O) groups is 4. The van der Waals surface area contributed by atoms with E-state index in [0.717, 1.165) is 0 Å². The SMILES string of the molecule is CC(C)[C@H](NC(=O)OC(C)(C)C)C(=O)N1C(=O)O[C@H](C)[C@H]1C(=O)O. The van der Waals surface area contributed by atoms with Crippen molar-refractivity contribution in [3.63, 3.8) is 0 Å². The number of rotatable bonds is 4. The Morgan fingerprint density at radius 2 is 1.83 bits per heavy atom. The number of nitrogens with one attached hydrogen (secondary N) is 1. The largest absolute Gasteiger partial charge is 0.480 e. The average Bonchev–Trinajstić information content (AvgIpc) is 2.67. The molecule has 1 fully saturated rings. The molecule has 0 aromatic heterocycles. The van der Waals surface area contributed by atoms with Crippen LogP contribution >= 0.6 is 0 Å². The molecule has 0 radical (unpaired) electrons. The molecular formula is C15H24N2O7. The fraction of sp³-hybridized carbons (Fsp3) is 0.733. The van der Waals surface area contributed by atoms with Gasteiger partial charge >= 0.3 is 18.2 Å². The van der Waals surface area contributed by atoms with Crippen LogP contribution in [0.15, 0.2) is 0 Å². The molecule has 0 spiro atoms. The van der Waals surface area contributed by atoms with Crippen molar-refractivity contribution in [3.05, 3.63) is 0 Å². The number of hydrogen-bond acceptors (Lipinski definition) is 6. The lowest BCUT2D eigenvalue weighted by Crippen LogP contribution is -2.56. The summed E-state index contributed by atoms with van der Waals surface area (Å²) in [5.41, 5.74) is -0.765. The van der Waals surface area contributed by atoms with E-state index in [2.05, 4.69) is 5.32 Å². The van der Waals surface area contributed by atoms with Gasteiger partial charge in [0.1, 0.15) is 17.7 Å². The van der Waals surface area contributed by atoms with Gasteiger partial charge in [-0.1, -0.05) is 13.8 Å². The number of amides is 3. The topological polar surface area (TPSA) is 122 Å². The van der Waals surface area contributed by atoms with Gasteiger partial charge in [-0.05, 0) is 33.6 Å². The highest BCUT2D eigenvalue weighted by atomic mass is 16.6. The Balaban J connectivity index is 2.99. The van der Waals surface area contributed by atoms with Crippen LogP contribution in [0.2, 0.25) is 0 Å². The van der Waals surface area contributed by atoms with Crippen LogP contribution in [0.25, 0.3) is 0 Å². The van der Waals surface area contributed by atoms with Crippen LogP contribution in [-0.2, 0) is 19.1 Å². The Hall–Kier alpha value is -2.32. The smallest absolute Gasteiger partial charge is 0.417 e. The maximum absolute atomic E-state index is 12.7. The lowest BCUT2D eigenvalue weighted by atomic mass is 10.0. The maximum Gasteiger partial charge on any atom is 0.417 e. The van der Waals surface area contributed by atoms with Crippen LogP contribution < -0.4 is 5.32 Å². The van der Waals surface area contributed by atoms with Crippen molar-refractivity contribution < 1.29 is 33.8 Å². The molecule has 0 unspecified atom stereocenters. The lowest BCUT2D eigenvalue weighted by molar-refractivity contribution is -0.148. The van der Waals surface area contributed by atoms with Crippen molar-refractivity contribution in [1.29, 1.82) is 0 Å². The summed E-state index contributed by atoms with van der Waals surface area (Å²) in [7, 11) is 0. The standard InChI is InChI=1S/C15H24N2O7/c1-7(2)9(16-13(21)24-15(4,5)6)11(18)17-10(12(19)20)8(3)23-14(17)22/h7-10H,1-6H3,(H,16,21)(H,19,20)/t8-,9+,10+/m1/s1. The summed E-state index contributed by atoms with van der Waals surface area (Å²) in [6, 6.07) is -2.56. The number of ether oxygens (including phenoxy) is 2. The third kappa shape index (κ3) is 4.59. The number of alkyl carbamates (subject to hydrolysis) is 1.